The molecule has 3 nitrogen and oxygen atoms in total. The third-order valence-electron chi connectivity index (χ3n) is 2.56. The van der Waals surface area contributed by atoms with Crippen LogP contribution in [0.1, 0.15) is 15.4 Å². The van der Waals surface area contributed by atoms with Gasteiger partial charge < -0.3 is 9.47 Å². The molecule has 4 heteroatoms. The molecule has 0 aliphatic heterocycles. The number of nitrogens with zero attached hydrogens (tertiary/aromatic N) is 2. The second kappa shape index (κ2) is 5.56. The van der Waals surface area contributed by atoms with E-state index in [4.69, 9.17) is 0 Å². The van der Waals surface area contributed by atoms with Crippen LogP contribution in [-0.4, -0.2) is 29.0 Å². The summed E-state index contributed by atoms with van der Waals surface area (Å²) in [6.07, 6.45) is 1.86. The summed E-state index contributed by atoms with van der Waals surface area (Å²) >= 11 is 1.60. The third kappa shape index (κ3) is 2.82. The van der Waals surface area contributed by atoms with Gasteiger partial charge in [-0.25, -0.2) is 0 Å². The zero-order valence-corrected chi connectivity index (χ0v) is 11.2. The molecule has 0 bridgehead atoms. The van der Waals surface area contributed by atoms with Crippen molar-refractivity contribution >= 4 is 17.2 Å². The zero-order valence-electron chi connectivity index (χ0n) is 10.4. The van der Waals surface area contributed by atoms with Gasteiger partial charge in [-0.05, 0) is 23.6 Å². The molecule has 0 saturated heterocycles. The van der Waals surface area contributed by atoms with E-state index in [1.165, 1.54) is 0 Å². The maximum Gasteiger partial charge on any atom is 0.270 e. The van der Waals surface area contributed by atoms with Crippen molar-refractivity contribution in [2.45, 2.75) is 0 Å². The molecule has 0 aliphatic rings. The molecule has 0 radical (unpaired) electrons. The van der Waals surface area contributed by atoms with Gasteiger partial charge in [-0.1, -0.05) is 17.9 Å². The minimum Gasteiger partial charge on any atom is -0.347 e. The number of amides is 1. The highest BCUT2D eigenvalue weighted by atomic mass is 32.1. The Bertz CT molecular complexity index is 587. The number of thiophene rings is 1. The third-order valence-corrected chi connectivity index (χ3v) is 3.34. The van der Waals surface area contributed by atoms with E-state index in [0.717, 1.165) is 4.88 Å². The first-order valence-electron chi connectivity index (χ1n) is 5.57. The Hall–Kier alpha value is -1.99. The van der Waals surface area contributed by atoms with Gasteiger partial charge in [0.15, 0.2) is 0 Å². The minimum absolute atomic E-state index is 0.0111. The van der Waals surface area contributed by atoms with Crippen LogP contribution in [0.3, 0.4) is 0 Å². The number of carbonyl (C=O) groups is 1. The van der Waals surface area contributed by atoms with E-state index < -0.39 is 0 Å². The van der Waals surface area contributed by atoms with Crippen LogP contribution in [-0.2, 0) is 7.05 Å². The Morgan fingerprint density at radius 2 is 2.28 bits per heavy atom. The van der Waals surface area contributed by atoms with Gasteiger partial charge >= 0.3 is 0 Å². The molecule has 0 N–H and O–H groups in total. The molecule has 2 heterocycles. The lowest BCUT2D eigenvalue weighted by Gasteiger charge is -2.13. The van der Waals surface area contributed by atoms with Crippen molar-refractivity contribution < 1.29 is 4.79 Å². The molecule has 0 aromatic carbocycles. The molecule has 0 aliphatic carbocycles. The van der Waals surface area contributed by atoms with Crippen LogP contribution in [0, 0.1) is 11.8 Å². The largest absolute Gasteiger partial charge is 0.347 e. The Morgan fingerprint density at radius 3 is 2.89 bits per heavy atom. The topological polar surface area (TPSA) is 25.2 Å². The molecule has 0 saturated carbocycles. The van der Waals surface area contributed by atoms with Gasteiger partial charge in [0.2, 0.25) is 0 Å². The van der Waals surface area contributed by atoms with E-state index in [0.29, 0.717) is 12.2 Å². The number of aryl methyl sites for hydroxylation is 1. The highest BCUT2D eigenvalue weighted by molar-refractivity contribution is 7.10. The summed E-state index contributed by atoms with van der Waals surface area (Å²) in [6.45, 7) is 0.432. The van der Waals surface area contributed by atoms with Crippen molar-refractivity contribution in [3.63, 3.8) is 0 Å². The smallest absolute Gasteiger partial charge is 0.270 e. The molecule has 0 unspecified atom stereocenters. The molecular formula is C14H14N2OS. The first-order valence-corrected chi connectivity index (χ1v) is 6.45. The molecule has 2 aromatic heterocycles. The van der Waals surface area contributed by atoms with E-state index >= 15 is 0 Å². The summed E-state index contributed by atoms with van der Waals surface area (Å²) in [4.78, 5) is 14.7. The van der Waals surface area contributed by atoms with Gasteiger partial charge in [0.25, 0.3) is 5.91 Å². The number of carbonyl (C=O) groups excluding carboxylic acids is 1. The summed E-state index contributed by atoms with van der Waals surface area (Å²) < 4.78 is 1.81. The fraction of sp³-hybridized carbons (Fsp3) is 0.214. The molecule has 0 fully saturated rings. The monoisotopic (exact) mass is 258 g/mol. The predicted molar refractivity (Wildman–Crippen MR) is 73.6 cm³/mol. The second-order valence-corrected chi connectivity index (χ2v) is 4.89. The normalized spacial score (nSPS) is 9.67. The fourth-order valence-electron chi connectivity index (χ4n) is 1.55. The van der Waals surface area contributed by atoms with Gasteiger partial charge in [-0.15, -0.1) is 11.3 Å². The number of rotatable bonds is 2. The van der Waals surface area contributed by atoms with Gasteiger partial charge in [0.05, 0.1) is 11.4 Å². The van der Waals surface area contributed by atoms with E-state index in [2.05, 4.69) is 11.8 Å². The Labute approximate surface area is 111 Å². The quantitative estimate of drug-likeness (QED) is 0.758. The second-order valence-electron chi connectivity index (χ2n) is 3.94. The fourth-order valence-corrected chi connectivity index (χ4v) is 2.14. The van der Waals surface area contributed by atoms with Crippen molar-refractivity contribution in [1.29, 1.82) is 0 Å². The van der Waals surface area contributed by atoms with Crippen LogP contribution >= 0.6 is 11.3 Å². The maximum absolute atomic E-state index is 12.1. The molecular weight excluding hydrogens is 244 g/mol. The van der Waals surface area contributed by atoms with Gasteiger partial charge in [0, 0.05) is 20.3 Å². The average molecular weight is 258 g/mol. The molecule has 2 rings (SSSR count). The molecule has 0 spiro atoms. The zero-order chi connectivity index (χ0) is 13.0. The molecule has 0 atom stereocenters. The first-order chi connectivity index (χ1) is 8.68. The van der Waals surface area contributed by atoms with E-state index in [1.54, 1.807) is 23.3 Å². The van der Waals surface area contributed by atoms with Crippen LogP contribution in [0.2, 0.25) is 0 Å². The SMILES string of the molecule is CN(CC#Cc1cccs1)C(=O)c1cccn1C. The van der Waals surface area contributed by atoms with Crippen LogP contribution in [0.5, 0.6) is 0 Å². The predicted octanol–water partition coefficient (Wildman–Crippen LogP) is 2.21. The lowest BCUT2D eigenvalue weighted by molar-refractivity contribution is 0.0803. The van der Waals surface area contributed by atoms with Gasteiger partial charge in [-0.2, -0.15) is 0 Å². The standard InChI is InChI=1S/C14H14N2OS/c1-15-9-4-8-13(15)14(17)16(2)10-3-6-12-7-5-11-18-12/h4-5,7-9,11H,10H2,1-2H3. The summed E-state index contributed by atoms with van der Waals surface area (Å²) in [6, 6.07) is 7.61. The van der Waals surface area contributed by atoms with E-state index in [-0.39, 0.29) is 5.91 Å². The maximum atomic E-state index is 12.1. The number of hydrogen-bond donors (Lipinski definition) is 0. The summed E-state index contributed by atoms with van der Waals surface area (Å²) in [5.41, 5.74) is 0.676. The number of hydrogen-bond acceptors (Lipinski definition) is 2. The molecule has 2 aromatic rings. The van der Waals surface area contributed by atoms with Gasteiger partial charge in [0.1, 0.15) is 5.69 Å². The molecule has 92 valence electrons. The van der Waals surface area contributed by atoms with Crippen LogP contribution in [0.4, 0.5) is 0 Å². The summed E-state index contributed by atoms with van der Waals surface area (Å²) in [7, 11) is 3.62. The van der Waals surface area contributed by atoms with Crippen LogP contribution in [0.25, 0.3) is 0 Å². The highest BCUT2D eigenvalue weighted by Gasteiger charge is 2.12. The van der Waals surface area contributed by atoms with Crippen molar-refractivity contribution in [2.75, 3.05) is 13.6 Å². The summed E-state index contributed by atoms with van der Waals surface area (Å²) in [5.74, 6) is 6.03. The van der Waals surface area contributed by atoms with E-state index in [9.17, 15) is 4.79 Å². The Balaban J connectivity index is 1.98. The van der Waals surface area contributed by atoms with Crippen molar-refractivity contribution in [1.82, 2.24) is 9.47 Å². The van der Waals surface area contributed by atoms with Crippen LogP contribution < -0.4 is 0 Å². The lowest BCUT2D eigenvalue weighted by atomic mass is 10.3. The van der Waals surface area contributed by atoms with Crippen molar-refractivity contribution in [3.8, 4) is 11.8 Å². The van der Waals surface area contributed by atoms with Gasteiger partial charge in [-0.3, -0.25) is 4.79 Å². The first kappa shape index (κ1) is 12.5. The van der Waals surface area contributed by atoms with Crippen molar-refractivity contribution in [2.24, 2.45) is 7.05 Å². The Morgan fingerprint density at radius 1 is 1.44 bits per heavy atom. The molecule has 18 heavy (non-hydrogen) atoms. The lowest BCUT2D eigenvalue weighted by Crippen LogP contribution is -2.28. The number of aromatic nitrogens is 1. The summed E-state index contributed by atoms with van der Waals surface area (Å²) in [5, 5.41) is 1.99. The average Bonchev–Trinajstić information content (AvgIpc) is 2.99. The Kier molecular flexibility index (Phi) is 3.85. The van der Waals surface area contributed by atoms with Crippen LogP contribution in [0.15, 0.2) is 35.8 Å². The molecule has 1 amide bonds. The minimum atomic E-state index is -0.0111. The van der Waals surface area contributed by atoms with E-state index in [1.807, 2.05) is 47.5 Å². The highest BCUT2D eigenvalue weighted by Crippen LogP contribution is 2.06. The van der Waals surface area contributed by atoms with Crippen molar-refractivity contribution in [3.05, 3.63) is 46.4 Å².